The summed E-state index contributed by atoms with van der Waals surface area (Å²) in [5.74, 6) is -0.188. The summed E-state index contributed by atoms with van der Waals surface area (Å²) >= 11 is 1.22. The fourth-order valence-electron chi connectivity index (χ4n) is 2.53. The number of aromatic nitrogens is 2. The lowest BCUT2D eigenvalue weighted by atomic mass is 10.2. The van der Waals surface area contributed by atoms with Gasteiger partial charge in [-0.3, -0.25) is 9.59 Å². The Morgan fingerprint density at radius 1 is 1.55 bits per heavy atom. The fourth-order valence-corrected chi connectivity index (χ4v) is 3.64. The lowest BCUT2D eigenvalue weighted by Gasteiger charge is -2.20. The van der Waals surface area contributed by atoms with E-state index in [-0.39, 0.29) is 24.6 Å². The van der Waals surface area contributed by atoms with Gasteiger partial charge in [-0.05, 0) is 12.5 Å². The molecule has 3 rings (SSSR count). The van der Waals surface area contributed by atoms with E-state index in [9.17, 15) is 14.7 Å². The molecule has 22 heavy (non-hydrogen) atoms. The van der Waals surface area contributed by atoms with Crippen LogP contribution in [0.1, 0.15) is 15.2 Å². The summed E-state index contributed by atoms with van der Waals surface area (Å²) in [5, 5.41) is 10.3. The number of aliphatic hydroxyl groups excluding tert-OH is 1. The number of hydrogen-bond donors (Lipinski definition) is 1. The van der Waals surface area contributed by atoms with Crippen LogP contribution in [-0.2, 0) is 11.8 Å². The average Bonchev–Trinajstić information content (AvgIpc) is 2.67. The molecule has 2 aromatic heterocycles. The van der Waals surface area contributed by atoms with E-state index < -0.39 is 6.10 Å². The number of β-amino-alcohol motifs (C(OH)–C–C–N with tert-alkyl or cyclic N) is 1. The van der Waals surface area contributed by atoms with Crippen molar-refractivity contribution in [1.29, 1.82) is 0 Å². The van der Waals surface area contributed by atoms with Gasteiger partial charge in [-0.25, -0.2) is 4.98 Å². The van der Waals surface area contributed by atoms with Gasteiger partial charge in [0.1, 0.15) is 4.83 Å². The molecule has 7 nitrogen and oxygen atoms in total. The van der Waals surface area contributed by atoms with Crippen LogP contribution in [0.4, 0.5) is 0 Å². The van der Waals surface area contributed by atoms with Crippen molar-refractivity contribution < 1.29 is 14.6 Å². The van der Waals surface area contributed by atoms with Crippen molar-refractivity contribution in [3.8, 4) is 0 Å². The van der Waals surface area contributed by atoms with Crippen LogP contribution in [0.15, 0.2) is 11.1 Å². The third kappa shape index (κ3) is 2.53. The van der Waals surface area contributed by atoms with E-state index in [4.69, 9.17) is 4.74 Å². The number of fused-ring (bicyclic) bond motifs is 1. The molecule has 1 saturated heterocycles. The molecule has 0 bridgehead atoms. The van der Waals surface area contributed by atoms with Crippen LogP contribution >= 0.6 is 11.3 Å². The first kappa shape index (κ1) is 15.1. The molecular formula is C14H17N3O4S. The van der Waals surface area contributed by atoms with E-state index in [2.05, 4.69) is 4.98 Å². The standard InChI is InChI=1S/C14H17N3O4S/c1-8-10-12(15-7-16(2)13(10)19)22-11(8)14(20)17-3-4-21-6-9(18)5-17/h7,9,18H,3-6H2,1-2H3/t9-/m1/s1. The van der Waals surface area contributed by atoms with Crippen molar-refractivity contribution in [3.63, 3.8) is 0 Å². The molecule has 1 N–H and O–H groups in total. The van der Waals surface area contributed by atoms with Gasteiger partial charge in [-0.15, -0.1) is 11.3 Å². The van der Waals surface area contributed by atoms with E-state index in [1.807, 2.05) is 0 Å². The Morgan fingerprint density at radius 3 is 3.09 bits per heavy atom. The quantitative estimate of drug-likeness (QED) is 0.807. The SMILES string of the molecule is Cc1c(C(=O)N2CCOC[C@H](O)C2)sc2ncn(C)c(=O)c12. The van der Waals surface area contributed by atoms with Crippen molar-refractivity contribution in [3.05, 3.63) is 27.1 Å². The second kappa shape index (κ2) is 5.79. The van der Waals surface area contributed by atoms with Gasteiger partial charge >= 0.3 is 0 Å². The smallest absolute Gasteiger partial charge is 0.264 e. The lowest BCUT2D eigenvalue weighted by Crippen LogP contribution is -2.37. The van der Waals surface area contributed by atoms with E-state index in [0.717, 1.165) is 0 Å². The van der Waals surface area contributed by atoms with Crippen LogP contribution in [0.25, 0.3) is 10.2 Å². The lowest BCUT2D eigenvalue weighted by molar-refractivity contribution is 0.0535. The van der Waals surface area contributed by atoms with Crippen molar-refractivity contribution in [2.75, 3.05) is 26.3 Å². The molecule has 2 aromatic rings. The Bertz CT molecular complexity index is 782. The fraction of sp³-hybridized carbons (Fsp3) is 0.500. The van der Waals surface area contributed by atoms with Crippen LogP contribution in [0.2, 0.25) is 0 Å². The molecule has 1 fully saturated rings. The monoisotopic (exact) mass is 323 g/mol. The average molecular weight is 323 g/mol. The molecule has 0 aliphatic carbocycles. The van der Waals surface area contributed by atoms with Crippen molar-refractivity contribution in [2.45, 2.75) is 13.0 Å². The summed E-state index contributed by atoms with van der Waals surface area (Å²) in [7, 11) is 1.63. The summed E-state index contributed by atoms with van der Waals surface area (Å²) in [6.07, 6.45) is 0.769. The topological polar surface area (TPSA) is 84.7 Å². The summed E-state index contributed by atoms with van der Waals surface area (Å²) in [6, 6.07) is 0. The van der Waals surface area contributed by atoms with E-state index >= 15 is 0 Å². The van der Waals surface area contributed by atoms with E-state index in [1.54, 1.807) is 18.9 Å². The van der Waals surface area contributed by atoms with Crippen LogP contribution in [0, 0.1) is 6.92 Å². The van der Waals surface area contributed by atoms with Crippen molar-refractivity contribution >= 4 is 27.5 Å². The number of carbonyl (C=O) groups is 1. The number of aryl methyl sites for hydroxylation is 2. The van der Waals surface area contributed by atoms with Gasteiger partial charge in [0.05, 0.1) is 35.9 Å². The minimum absolute atomic E-state index is 0.156. The maximum atomic E-state index is 12.7. The molecule has 1 aliphatic heterocycles. The van der Waals surface area contributed by atoms with Crippen LogP contribution in [0.5, 0.6) is 0 Å². The number of thiophene rings is 1. The van der Waals surface area contributed by atoms with Crippen LogP contribution in [0.3, 0.4) is 0 Å². The summed E-state index contributed by atoms with van der Waals surface area (Å²) in [4.78, 5) is 31.8. The predicted octanol–water partition coefficient (Wildman–Crippen LogP) is 0.137. The second-order valence-corrected chi connectivity index (χ2v) is 6.38. The Kier molecular flexibility index (Phi) is 3.98. The highest BCUT2D eigenvalue weighted by atomic mass is 32.1. The number of nitrogens with zero attached hydrogens (tertiary/aromatic N) is 3. The normalized spacial score (nSPS) is 19.4. The molecule has 1 atom stereocenters. The Balaban J connectivity index is 2.02. The maximum absolute atomic E-state index is 12.7. The summed E-state index contributed by atoms with van der Waals surface area (Å²) in [6.45, 7) is 3.05. The number of rotatable bonds is 1. The number of ether oxygens (including phenoxy) is 1. The molecule has 3 heterocycles. The molecule has 0 saturated carbocycles. The van der Waals surface area contributed by atoms with Crippen LogP contribution in [-0.4, -0.2) is 57.9 Å². The largest absolute Gasteiger partial charge is 0.389 e. The number of carbonyl (C=O) groups excluding carboxylic acids is 1. The molecule has 8 heteroatoms. The Morgan fingerprint density at radius 2 is 2.32 bits per heavy atom. The molecule has 0 unspecified atom stereocenters. The molecule has 118 valence electrons. The van der Waals surface area contributed by atoms with Crippen molar-refractivity contribution in [2.24, 2.45) is 7.05 Å². The third-order valence-electron chi connectivity index (χ3n) is 3.74. The highest BCUT2D eigenvalue weighted by Gasteiger charge is 2.26. The minimum Gasteiger partial charge on any atom is -0.389 e. The van der Waals surface area contributed by atoms with Gasteiger partial charge in [0.2, 0.25) is 0 Å². The van der Waals surface area contributed by atoms with Gasteiger partial charge in [0.25, 0.3) is 11.5 Å². The first-order valence-electron chi connectivity index (χ1n) is 6.99. The molecule has 0 radical (unpaired) electrons. The van der Waals surface area contributed by atoms with Gasteiger partial charge in [0.15, 0.2) is 0 Å². The highest BCUT2D eigenvalue weighted by molar-refractivity contribution is 7.20. The van der Waals surface area contributed by atoms with Gasteiger partial charge in [-0.2, -0.15) is 0 Å². The molecule has 1 aliphatic rings. The third-order valence-corrected chi connectivity index (χ3v) is 4.93. The molecule has 0 spiro atoms. The molecule has 0 aromatic carbocycles. The molecule has 1 amide bonds. The first-order valence-corrected chi connectivity index (χ1v) is 7.80. The second-order valence-electron chi connectivity index (χ2n) is 5.38. The summed E-state index contributed by atoms with van der Waals surface area (Å²) in [5.41, 5.74) is 0.496. The van der Waals surface area contributed by atoms with Gasteiger partial charge in [0, 0.05) is 20.1 Å². The van der Waals surface area contributed by atoms with E-state index in [1.165, 1.54) is 22.2 Å². The Labute approximate surface area is 130 Å². The first-order chi connectivity index (χ1) is 10.5. The van der Waals surface area contributed by atoms with Crippen molar-refractivity contribution in [1.82, 2.24) is 14.5 Å². The van der Waals surface area contributed by atoms with Gasteiger partial charge in [-0.1, -0.05) is 0 Å². The summed E-state index contributed by atoms with van der Waals surface area (Å²) < 4.78 is 6.64. The number of aliphatic hydroxyl groups is 1. The zero-order valence-electron chi connectivity index (χ0n) is 12.4. The van der Waals surface area contributed by atoms with Crippen LogP contribution < -0.4 is 5.56 Å². The zero-order valence-corrected chi connectivity index (χ0v) is 13.2. The number of hydrogen-bond acceptors (Lipinski definition) is 6. The Hall–Kier alpha value is -1.77. The predicted molar refractivity (Wildman–Crippen MR) is 82.3 cm³/mol. The number of amides is 1. The maximum Gasteiger partial charge on any atom is 0.264 e. The van der Waals surface area contributed by atoms with Gasteiger partial charge < -0.3 is 19.3 Å². The zero-order chi connectivity index (χ0) is 15.9. The van der Waals surface area contributed by atoms with E-state index in [0.29, 0.717) is 33.8 Å². The molecular weight excluding hydrogens is 306 g/mol. The highest BCUT2D eigenvalue weighted by Crippen LogP contribution is 2.28. The minimum atomic E-state index is -0.688.